The van der Waals surface area contributed by atoms with Gasteiger partial charge in [0.25, 0.3) is 0 Å². The topological polar surface area (TPSA) is 118 Å². The van der Waals surface area contributed by atoms with Gasteiger partial charge in [0.15, 0.2) is 0 Å². The van der Waals surface area contributed by atoms with Gasteiger partial charge in [-0.05, 0) is 12.3 Å². The molecule has 0 heterocycles. The number of hydrogen-bond donors (Lipinski definition) is 4. The molecule has 6 N–H and O–H groups in total. The van der Waals surface area contributed by atoms with Gasteiger partial charge in [0.1, 0.15) is 12.1 Å². The zero-order valence-corrected chi connectivity index (χ0v) is 9.06. The fraction of sp³-hybridized carbons (Fsp3) is 0.778. The van der Waals surface area contributed by atoms with Gasteiger partial charge < -0.3 is 21.9 Å². The van der Waals surface area contributed by atoms with Crippen LogP contribution in [-0.2, 0) is 9.59 Å². The molecule has 0 aromatic rings. The second kappa shape index (κ2) is 6.36. The first kappa shape index (κ1) is 13.9. The summed E-state index contributed by atoms with van der Waals surface area (Å²) in [5.74, 6) is -0.933. The summed E-state index contributed by atoms with van der Waals surface area (Å²) >= 11 is 0. The third-order valence-electron chi connectivity index (χ3n) is 1.90. The van der Waals surface area contributed by atoms with E-state index >= 15 is 0 Å². The van der Waals surface area contributed by atoms with Gasteiger partial charge in [0, 0.05) is 0 Å². The van der Waals surface area contributed by atoms with E-state index in [1.54, 1.807) is 0 Å². The molecule has 2 amide bonds. The van der Waals surface area contributed by atoms with Crippen molar-refractivity contribution in [1.29, 1.82) is 0 Å². The Hall–Kier alpha value is -1.14. The maximum atomic E-state index is 11.3. The van der Waals surface area contributed by atoms with E-state index in [1.807, 2.05) is 13.8 Å². The summed E-state index contributed by atoms with van der Waals surface area (Å²) in [6.07, 6.45) is 0.458. The minimum absolute atomic E-state index is 0.230. The number of nitrogens with one attached hydrogen (secondary N) is 1. The molecule has 0 aliphatic heterocycles. The van der Waals surface area contributed by atoms with Gasteiger partial charge in [-0.2, -0.15) is 0 Å². The van der Waals surface area contributed by atoms with E-state index in [9.17, 15) is 9.59 Å². The molecule has 0 bridgehead atoms. The first-order chi connectivity index (χ1) is 6.88. The van der Waals surface area contributed by atoms with Crippen LogP contribution < -0.4 is 16.8 Å². The zero-order valence-electron chi connectivity index (χ0n) is 9.06. The van der Waals surface area contributed by atoms with Crippen molar-refractivity contribution in [3.05, 3.63) is 0 Å². The van der Waals surface area contributed by atoms with E-state index in [1.165, 1.54) is 0 Å². The fourth-order valence-corrected chi connectivity index (χ4v) is 1.08. The van der Waals surface area contributed by atoms with Crippen LogP contribution in [0.15, 0.2) is 0 Å². The number of amides is 2. The van der Waals surface area contributed by atoms with Crippen molar-refractivity contribution in [2.24, 2.45) is 17.4 Å². The average Bonchev–Trinajstić information content (AvgIpc) is 2.14. The van der Waals surface area contributed by atoms with Crippen molar-refractivity contribution in [2.45, 2.75) is 32.4 Å². The molecule has 0 rings (SSSR count). The molecular weight excluding hydrogens is 198 g/mol. The molecule has 88 valence electrons. The minimum Gasteiger partial charge on any atom is -0.394 e. The lowest BCUT2D eigenvalue weighted by atomic mass is 10.0. The van der Waals surface area contributed by atoms with Crippen LogP contribution in [0.3, 0.4) is 0 Å². The Kier molecular flexibility index (Phi) is 5.88. The summed E-state index contributed by atoms with van der Waals surface area (Å²) in [7, 11) is 0. The van der Waals surface area contributed by atoms with Crippen molar-refractivity contribution < 1.29 is 14.7 Å². The maximum Gasteiger partial charge on any atom is 0.240 e. The third-order valence-corrected chi connectivity index (χ3v) is 1.90. The molecule has 0 spiro atoms. The Labute approximate surface area is 89.0 Å². The van der Waals surface area contributed by atoms with Crippen LogP contribution in [-0.4, -0.2) is 35.6 Å². The van der Waals surface area contributed by atoms with Crippen LogP contribution in [0.4, 0.5) is 0 Å². The summed E-state index contributed by atoms with van der Waals surface area (Å²) in [4.78, 5) is 22.3. The highest BCUT2D eigenvalue weighted by Gasteiger charge is 2.21. The van der Waals surface area contributed by atoms with Gasteiger partial charge in [-0.25, -0.2) is 0 Å². The van der Waals surface area contributed by atoms with Crippen LogP contribution >= 0.6 is 0 Å². The van der Waals surface area contributed by atoms with E-state index in [-0.39, 0.29) is 5.92 Å². The second-order valence-corrected chi connectivity index (χ2v) is 3.88. The minimum atomic E-state index is -1.01. The van der Waals surface area contributed by atoms with Crippen molar-refractivity contribution in [1.82, 2.24) is 5.32 Å². The molecular formula is C9H19N3O3. The molecule has 2 atom stereocenters. The highest BCUT2D eigenvalue weighted by atomic mass is 16.3. The van der Waals surface area contributed by atoms with Crippen molar-refractivity contribution in [2.75, 3.05) is 6.61 Å². The zero-order chi connectivity index (χ0) is 12.0. The smallest absolute Gasteiger partial charge is 0.240 e. The monoisotopic (exact) mass is 217 g/mol. The predicted molar refractivity (Wildman–Crippen MR) is 55.6 cm³/mol. The van der Waals surface area contributed by atoms with Gasteiger partial charge in [0.2, 0.25) is 11.8 Å². The van der Waals surface area contributed by atoms with Gasteiger partial charge in [0.05, 0.1) is 6.61 Å². The first-order valence-corrected chi connectivity index (χ1v) is 4.84. The Morgan fingerprint density at radius 1 is 1.40 bits per heavy atom. The summed E-state index contributed by atoms with van der Waals surface area (Å²) in [6, 6.07) is -1.74. The number of aliphatic hydroxyl groups is 1. The summed E-state index contributed by atoms with van der Waals surface area (Å²) in [5, 5.41) is 11.0. The number of rotatable bonds is 6. The Morgan fingerprint density at radius 2 is 1.93 bits per heavy atom. The van der Waals surface area contributed by atoms with E-state index in [0.29, 0.717) is 6.42 Å². The molecule has 0 unspecified atom stereocenters. The van der Waals surface area contributed by atoms with E-state index < -0.39 is 30.5 Å². The molecule has 0 aromatic carbocycles. The van der Waals surface area contributed by atoms with Crippen LogP contribution in [0.1, 0.15) is 20.3 Å². The number of nitrogens with two attached hydrogens (primary N) is 2. The molecule has 6 nitrogen and oxygen atoms in total. The van der Waals surface area contributed by atoms with Crippen molar-refractivity contribution in [3.8, 4) is 0 Å². The lowest BCUT2D eigenvalue weighted by molar-refractivity contribution is -0.129. The molecule has 0 saturated carbocycles. The first-order valence-electron chi connectivity index (χ1n) is 4.84. The van der Waals surface area contributed by atoms with Crippen molar-refractivity contribution in [3.63, 3.8) is 0 Å². The SMILES string of the molecule is CC(C)C[C@@H](NC(=O)[C@H](N)CO)C(N)=O. The highest BCUT2D eigenvalue weighted by Crippen LogP contribution is 2.04. The summed E-state index contributed by atoms with van der Waals surface area (Å²) < 4.78 is 0. The fourth-order valence-electron chi connectivity index (χ4n) is 1.08. The highest BCUT2D eigenvalue weighted by molar-refractivity contribution is 5.88. The molecule has 6 heteroatoms. The molecule has 0 radical (unpaired) electrons. The van der Waals surface area contributed by atoms with Crippen LogP contribution in [0.2, 0.25) is 0 Å². The molecule has 0 aromatic heterocycles. The number of primary amides is 1. The van der Waals surface area contributed by atoms with Crippen LogP contribution in [0.25, 0.3) is 0 Å². The molecule has 0 saturated heterocycles. The lowest BCUT2D eigenvalue weighted by Gasteiger charge is -2.19. The molecule has 0 aliphatic rings. The van der Waals surface area contributed by atoms with Gasteiger partial charge in [-0.15, -0.1) is 0 Å². The molecule has 0 fully saturated rings. The van der Waals surface area contributed by atoms with E-state index in [2.05, 4.69) is 5.32 Å². The Morgan fingerprint density at radius 3 is 2.27 bits per heavy atom. The third kappa shape index (κ3) is 5.34. The predicted octanol–water partition coefficient (Wildman–Crippen LogP) is -1.68. The summed E-state index contributed by atoms with van der Waals surface area (Å²) in [6.45, 7) is 3.36. The number of carbonyl (C=O) groups excluding carboxylic acids is 2. The number of carbonyl (C=O) groups is 2. The van der Waals surface area contributed by atoms with E-state index in [4.69, 9.17) is 16.6 Å². The van der Waals surface area contributed by atoms with Gasteiger partial charge >= 0.3 is 0 Å². The standard InChI is InChI=1S/C9H19N3O3/c1-5(2)3-7(8(11)14)12-9(15)6(10)4-13/h5-7,13H,3-4,10H2,1-2H3,(H2,11,14)(H,12,15)/t6-,7-/m1/s1. The largest absolute Gasteiger partial charge is 0.394 e. The number of aliphatic hydroxyl groups excluding tert-OH is 1. The lowest BCUT2D eigenvalue weighted by Crippen LogP contribution is -2.51. The van der Waals surface area contributed by atoms with Crippen molar-refractivity contribution >= 4 is 11.8 Å². The maximum absolute atomic E-state index is 11.3. The van der Waals surface area contributed by atoms with Gasteiger partial charge in [-0.3, -0.25) is 9.59 Å². The Balaban J connectivity index is 4.29. The normalized spacial score (nSPS) is 14.7. The number of hydrogen-bond acceptors (Lipinski definition) is 4. The second-order valence-electron chi connectivity index (χ2n) is 3.88. The van der Waals surface area contributed by atoms with Crippen LogP contribution in [0, 0.1) is 5.92 Å². The van der Waals surface area contributed by atoms with Gasteiger partial charge in [-0.1, -0.05) is 13.8 Å². The average molecular weight is 217 g/mol. The quantitative estimate of drug-likeness (QED) is 0.425. The Bertz CT molecular complexity index is 231. The molecule has 15 heavy (non-hydrogen) atoms. The van der Waals surface area contributed by atoms with E-state index in [0.717, 1.165) is 0 Å². The summed E-state index contributed by atoms with van der Waals surface area (Å²) in [5.41, 5.74) is 10.4. The molecule has 0 aliphatic carbocycles. The van der Waals surface area contributed by atoms with Crippen LogP contribution in [0.5, 0.6) is 0 Å².